The summed E-state index contributed by atoms with van der Waals surface area (Å²) in [4.78, 5) is 16.0. The molecule has 0 saturated carbocycles. The molecule has 2 aromatic rings. The second-order valence-corrected chi connectivity index (χ2v) is 8.27. The molecule has 9 nitrogen and oxygen atoms in total. The number of aliphatic hydroxyl groups is 1. The lowest BCUT2D eigenvalue weighted by atomic mass is 10.1. The molecule has 0 spiro atoms. The molecule has 12 heteroatoms. The lowest BCUT2D eigenvalue weighted by molar-refractivity contribution is 0.100. The van der Waals surface area contributed by atoms with Crippen molar-refractivity contribution in [1.29, 1.82) is 0 Å². The van der Waals surface area contributed by atoms with Crippen LogP contribution in [-0.2, 0) is 17.1 Å². The zero-order valence-corrected chi connectivity index (χ0v) is 15.8. The van der Waals surface area contributed by atoms with Crippen LogP contribution in [0.15, 0.2) is 29.4 Å². The quantitative estimate of drug-likeness (QED) is 0.684. The minimum Gasteiger partial charge on any atom is -0.488 e. The van der Waals surface area contributed by atoms with E-state index in [-0.39, 0.29) is 28.6 Å². The Morgan fingerprint density at radius 3 is 2.89 bits per heavy atom. The van der Waals surface area contributed by atoms with Gasteiger partial charge in [0.25, 0.3) is 12.3 Å². The van der Waals surface area contributed by atoms with Crippen molar-refractivity contribution in [2.75, 3.05) is 18.5 Å². The van der Waals surface area contributed by atoms with Crippen molar-refractivity contribution >= 4 is 21.6 Å². The zero-order chi connectivity index (χ0) is 20.7. The first-order valence-corrected chi connectivity index (χ1v) is 9.57. The molecule has 28 heavy (non-hydrogen) atoms. The van der Waals surface area contributed by atoms with Gasteiger partial charge in [0, 0.05) is 25.1 Å². The molecule has 1 atom stereocenters. The number of sulfonamides is 1. The van der Waals surface area contributed by atoms with Crippen molar-refractivity contribution in [3.63, 3.8) is 0 Å². The summed E-state index contributed by atoms with van der Waals surface area (Å²) in [6.45, 7) is 0.724. The van der Waals surface area contributed by atoms with Gasteiger partial charge in [0.1, 0.15) is 17.2 Å². The summed E-state index contributed by atoms with van der Waals surface area (Å²) < 4.78 is 59.9. The third-order valence-corrected chi connectivity index (χ3v) is 5.77. The van der Waals surface area contributed by atoms with E-state index < -0.39 is 40.2 Å². The normalized spacial score (nSPS) is 20.9. The molecule has 0 radical (unpaired) electrons. The Kier molecular flexibility index (Phi) is 5.12. The Labute approximate surface area is 159 Å². The van der Waals surface area contributed by atoms with E-state index >= 15 is 0 Å². The van der Waals surface area contributed by atoms with E-state index in [9.17, 15) is 27.1 Å². The average molecular weight is 416 g/mol. The third-order valence-electron chi connectivity index (χ3n) is 4.13. The summed E-state index contributed by atoms with van der Waals surface area (Å²) in [6.07, 6.45) is -0.480. The Hall–Kier alpha value is -2.57. The van der Waals surface area contributed by atoms with Gasteiger partial charge in [0.05, 0.1) is 12.1 Å². The maximum atomic E-state index is 12.8. The van der Waals surface area contributed by atoms with Gasteiger partial charge in [-0.15, -0.1) is 0 Å². The van der Waals surface area contributed by atoms with Crippen LogP contribution in [0.4, 0.5) is 14.5 Å². The number of nitrogens with zero attached hydrogens (tertiary/aromatic N) is 2. The third kappa shape index (κ3) is 3.70. The number of rotatable bonds is 4. The minimum atomic E-state index is -4.07. The van der Waals surface area contributed by atoms with Crippen LogP contribution in [0.5, 0.6) is 5.75 Å². The topological polar surface area (TPSA) is 123 Å². The van der Waals surface area contributed by atoms with Gasteiger partial charge in [-0.2, -0.15) is 4.72 Å². The molecule has 0 fully saturated rings. The smallest absolute Gasteiger partial charge is 0.280 e. The van der Waals surface area contributed by atoms with E-state index in [1.54, 1.807) is 0 Å². The van der Waals surface area contributed by atoms with Gasteiger partial charge in [-0.3, -0.25) is 9.78 Å². The molecule has 1 aliphatic rings. The van der Waals surface area contributed by atoms with Crippen LogP contribution in [0.3, 0.4) is 0 Å². The van der Waals surface area contributed by atoms with E-state index in [1.807, 2.05) is 0 Å². The van der Waals surface area contributed by atoms with Crippen LogP contribution in [0, 0.1) is 0 Å². The number of anilines is 1. The van der Waals surface area contributed by atoms with Gasteiger partial charge in [-0.05, 0) is 19.1 Å². The first-order valence-electron chi connectivity index (χ1n) is 8.09. The largest absolute Gasteiger partial charge is 0.488 e. The summed E-state index contributed by atoms with van der Waals surface area (Å²) in [7, 11) is -2.62. The predicted octanol–water partition coefficient (Wildman–Crippen LogP) is 1.03. The zero-order valence-electron chi connectivity index (χ0n) is 14.9. The molecular formula is C16H18F2N4O5S. The molecule has 0 saturated heterocycles. The summed E-state index contributed by atoms with van der Waals surface area (Å²) in [5.74, 6) is -0.939. The molecule has 152 valence electrons. The fourth-order valence-electron chi connectivity index (χ4n) is 2.72. The van der Waals surface area contributed by atoms with Crippen LogP contribution in [0.2, 0.25) is 0 Å². The summed E-state index contributed by atoms with van der Waals surface area (Å²) in [5, 5.41) is 11.9. The van der Waals surface area contributed by atoms with Crippen molar-refractivity contribution in [3.05, 3.63) is 35.9 Å². The molecule has 1 aliphatic heterocycles. The molecular weight excluding hydrogens is 398 g/mol. The number of amides is 1. The Morgan fingerprint density at radius 1 is 1.54 bits per heavy atom. The van der Waals surface area contributed by atoms with Crippen LogP contribution in [0.25, 0.3) is 0 Å². The number of fused-ring (bicyclic) bond motifs is 1. The van der Waals surface area contributed by atoms with Crippen LogP contribution in [0.1, 0.15) is 29.5 Å². The molecule has 0 bridgehead atoms. The average Bonchev–Trinajstić information content (AvgIpc) is 2.92. The predicted molar refractivity (Wildman–Crippen MR) is 93.9 cm³/mol. The molecule has 3 heterocycles. The highest BCUT2D eigenvalue weighted by Crippen LogP contribution is 2.34. The SMILES string of the molecule is Cn1cc2c(c1C(=O)Nc1ccnc(C(F)F)c1)OCC(C)(CO)NS2(=O)=O. The Bertz CT molecular complexity index is 1020. The van der Waals surface area contributed by atoms with Crippen molar-refractivity contribution in [2.45, 2.75) is 23.8 Å². The van der Waals surface area contributed by atoms with Crippen molar-refractivity contribution in [2.24, 2.45) is 7.05 Å². The van der Waals surface area contributed by atoms with Crippen molar-refractivity contribution in [1.82, 2.24) is 14.3 Å². The maximum absolute atomic E-state index is 12.8. The highest BCUT2D eigenvalue weighted by atomic mass is 32.2. The number of aliphatic hydroxyl groups excluding tert-OH is 1. The molecule has 3 rings (SSSR count). The lowest BCUT2D eigenvalue weighted by Gasteiger charge is -2.25. The molecule has 1 amide bonds. The fraction of sp³-hybridized carbons (Fsp3) is 0.375. The van der Waals surface area contributed by atoms with E-state index in [2.05, 4.69) is 15.0 Å². The molecule has 3 N–H and O–H groups in total. The number of alkyl halides is 2. The second-order valence-electron chi connectivity index (χ2n) is 6.62. The highest BCUT2D eigenvalue weighted by Gasteiger charge is 2.39. The monoisotopic (exact) mass is 416 g/mol. The van der Waals surface area contributed by atoms with Crippen LogP contribution in [-0.4, -0.2) is 47.7 Å². The Balaban J connectivity index is 1.98. The fourth-order valence-corrected chi connectivity index (χ4v) is 4.30. The van der Waals surface area contributed by atoms with E-state index in [4.69, 9.17) is 4.74 Å². The summed E-state index contributed by atoms with van der Waals surface area (Å²) >= 11 is 0. The first-order chi connectivity index (χ1) is 13.1. The standard InChI is InChI=1S/C16H18F2N4O5S/c1-16(7-23)8-27-13-11(28(25,26)21-16)6-22(2)12(13)15(24)20-9-3-4-19-10(5-9)14(17)18/h3-6,14,21,23H,7-8H2,1-2H3,(H,19,20,24). The number of aromatic nitrogens is 2. The van der Waals surface area contributed by atoms with Gasteiger partial charge in [0.15, 0.2) is 11.4 Å². The molecule has 1 unspecified atom stereocenters. The minimum absolute atomic E-state index is 0.0695. The maximum Gasteiger partial charge on any atom is 0.280 e. The molecule has 0 aliphatic carbocycles. The van der Waals surface area contributed by atoms with Gasteiger partial charge >= 0.3 is 0 Å². The molecule has 2 aromatic heterocycles. The van der Waals surface area contributed by atoms with E-state index in [1.165, 1.54) is 30.8 Å². The van der Waals surface area contributed by atoms with Crippen molar-refractivity contribution < 1.29 is 31.8 Å². The van der Waals surface area contributed by atoms with E-state index in [0.717, 1.165) is 12.3 Å². The van der Waals surface area contributed by atoms with Gasteiger partial charge < -0.3 is 19.7 Å². The first kappa shape index (κ1) is 20.2. The molecule has 0 aromatic carbocycles. The van der Waals surface area contributed by atoms with Gasteiger partial charge in [-0.25, -0.2) is 17.2 Å². The number of carbonyl (C=O) groups is 1. The number of hydrogen-bond acceptors (Lipinski definition) is 6. The number of hydrogen-bond donors (Lipinski definition) is 3. The van der Waals surface area contributed by atoms with Gasteiger partial charge in [0.2, 0.25) is 10.0 Å². The van der Waals surface area contributed by atoms with Crippen LogP contribution >= 0.6 is 0 Å². The second kappa shape index (κ2) is 7.11. The number of ether oxygens (including phenoxy) is 1. The van der Waals surface area contributed by atoms with Gasteiger partial charge in [-0.1, -0.05) is 0 Å². The number of aryl methyl sites for hydroxylation is 1. The number of halogens is 2. The van der Waals surface area contributed by atoms with Crippen LogP contribution < -0.4 is 14.8 Å². The summed E-state index contributed by atoms with van der Waals surface area (Å²) in [5.41, 5.74) is -1.82. The van der Waals surface area contributed by atoms with Crippen molar-refractivity contribution in [3.8, 4) is 5.75 Å². The summed E-state index contributed by atoms with van der Waals surface area (Å²) in [6, 6.07) is 2.35. The highest BCUT2D eigenvalue weighted by molar-refractivity contribution is 7.89. The number of nitrogens with one attached hydrogen (secondary N) is 2. The lowest BCUT2D eigenvalue weighted by Crippen LogP contribution is -2.51. The number of pyridine rings is 1. The van der Waals surface area contributed by atoms with E-state index in [0.29, 0.717) is 0 Å². The Morgan fingerprint density at radius 2 is 2.25 bits per heavy atom. The number of carbonyl (C=O) groups excluding carboxylic acids is 1.